The zero-order valence-corrected chi connectivity index (χ0v) is 15.4. The maximum Gasteiger partial charge on any atom is 0.306 e. The smallest absolute Gasteiger partial charge is 0.306 e. The van der Waals surface area contributed by atoms with E-state index in [2.05, 4.69) is 9.97 Å². The van der Waals surface area contributed by atoms with Gasteiger partial charge in [0.25, 0.3) is 6.43 Å². The first kappa shape index (κ1) is 21.0. The van der Waals surface area contributed by atoms with E-state index in [0.717, 1.165) is 12.1 Å². The highest BCUT2D eigenvalue weighted by atomic mass is 19.3. The molecule has 1 aromatic carbocycles. The molecule has 0 spiro atoms. The topological polar surface area (TPSA) is 130 Å². The van der Waals surface area contributed by atoms with Gasteiger partial charge in [0, 0.05) is 11.5 Å². The van der Waals surface area contributed by atoms with Gasteiger partial charge >= 0.3 is 5.97 Å². The van der Waals surface area contributed by atoms with E-state index in [1.807, 2.05) is 0 Å². The van der Waals surface area contributed by atoms with E-state index in [1.165, 1.54) is 12.3 Å². The van der Waals surface area contributed by atoms with Crippen LogP contribution in [-0.2, 0) is 10.4 Å². The van der Waals surface area contributed by atoms with Gasteiger partial charge in [-0.25, -0.2) is 23.1 Å². The molecule has 156 valence electrons. The number of nitrogens with two attached hydrogens (primary N) is 1. The van der Waals surface area contributed by atoms with Crippen LogP contribution in [0.3, 0.4) is 0 Å². The first-order valence-corrected chi connectivity index (χ1v) is 8.85. The Labute approximate surface area is 164 Å². The maximum absolute atomic E-state index is 13.4. The number of carboxylic acids is 1. The van der Waals surface area contributed by atoms with E-state index in [1.54, 1.807) is 6.92 Å². The lowest BCUT2D eigenvalue weighted by molar-refractivity contribution is -0.211. The summed E-state index contributed by atoms with van der Waals surface area (Å²) in [5.41, 5.74) is 3.49. The Morgan fingerprint density at radius 2 is 1.97 bits per heavy atom. The highest BCUT2D eigenvalue weighted by Gasteiger charge is 2.47. The Bertz CT molecular complexity index is 925. The Kier molecular flexibility index (Phi) is 5.50. The van der Waals surface area contributed by atoms with Crippen molar-refractivity contribution < 1.29 is 33.3 Å². The summed E-state index contributed by atoms with van der Waals surface area (Å²) < 4.78 is 40.0. The van der Waals surface area contributed by atoms with Crippen molar-refractivity contribution in [3.63, 3.8) is 0 Å². The number of aliphatic carboxylic acids is 1. The number of aryl methyl sites for hydroxylation is 1. The van der Waals surface area contributed by atoms with Crippen LogP contribution in [-0.4, -0.2) is 44.0 Å². The highest BCUT2D eigenvalue weighted by Crippen LogP contribution is 2.43. The number of aliphatic hydroxyl groups is 2. The third-order valence-electron chi connectivity index (χ3n) is 5.38. The number of anilines is 1. The van der Waals surface area contributed by atoms with Gasteiger partial charge in [-0.05, 0) is 37.0 Å². The summed E-state index contributed by atoms with van der Waals surface area (Å²) in [4.78, 5) is 19.5. The average molecular weight is 411 g/mol. The largest absolute Gasteiger partial charge is 0.481 e. The third kappa shape index (κ3) is 3.65. The molecular formula is C19H20F3N3O4. The average Bonchev–Trinajstić information content (AvgIpc) is 2.61. The fraction of sp³-hybridized carbons (Fsp3) is 0.421. The lowest BCUT2D eigenvalue weighted by Gasteiger charge is -2.32. The van der Waals surface area contributed by atoms with Crippen LogP contribution in [0.1, 0.15) is 35.6 Å². The molecule has 1 aliphatic carbocycles. The van der Waals surface area contributed by atoms with E-state index in [-0.39, 0.29) is 17.4 Å². The second-order valence-corrected chi connectivity index (χ2v) is 7.22. The lowest BCUT2D eigenvalue weighted by atomic mass is 9.73. The number of nitrogen functional groups attached to an aromatic ring is 1. The van der Waals surface area contributed by atoms with Gasteiger partial charge < -0.3 is 21.1 Å². The van der Waals surface area contributed by atoms with E-state index in [0.29, 0.717) is 29.7 Å². The van der Waals surface area contributed by atoms with Crippen LogP contribution in [0.25, 0.3) is 11.3 Å². The van der Waals surface area contributed by atoms with Crippen LogP contribution < -0.4 is 5.73 Å². The number of halogens is 3. The summed E-state index contributed by atoms with van der Waals surface area (Å²) in [6.07, 6.45) is -4.75. The van der Waals surface area contributed by atoms with Crippen molar-refractivity contribution in [2.75, 3.05) is 5.73 Å². The SMILES string of the molecule is Cc1ccc(C(O)(C(O)F)C(F)F)cc1-c1cnc(N)c(C2CC(C(=O)O)C2)n1. The quantitative estimate of drug-likeness (QED) is 0.574. The molecule has 3 rings (SSSR count). The fourth-order valence-corrected chi connectivity index (χ4v) is 3.40. The number of aliphatic hydroxyl groups excluding tert-OH is 1. The van der Waals surface area contributed by atoms with Gasteiger partial charge in [0.05, 0.1) is 23.5 Å². The Balaban J connectivity index is 2.01. The van der Waals surface area contributed by atoms with Crippen molar-refractivity contribution in [3.8, 4) is 11.3 Å². The number of carboxylic acid groups (broad SMARTS) is 1. The number of hydrogen-bond donors (Lipinski definition) is 4. The minimum Gasteiger partial charge on any atom is -0.481 e. The van der Waals surface area contributed by atoms with Crippen molar-refractivity contribution in [1.82, 2.24) is 9.97 Å². The molecule has 2 aromatic rings. The number of rotatable bonds is 6. The normalized spacial score (nSPS) is 22.0. The van der Waals surface area contributed by atoms with Crippen LogP contribution >= 0.6 is 0 Å². The maximum atomic E-state index is 13.4. The van der Waals surface area contributed by atoms with Gasteiger partial charge in [0.2, 0.25) is 12.0 Å². The standard InChI is InChI=1S/C19H20F3N3O4/c1-8-2-3-11(19(29,17(20)21)18(22)28)6-12(8)13-7-24-15(23)14(25-13)9-4-10(5-9)16(26)27/h2-3,6-7,9-10,17-18,28-29H,4-5H2,1H3,(H2,23,24)(H,26,27). The van der Waals surface area contributed by atoms with Crippen LogP contribution in [0.15, 0.2) is 24.4 Å². The summed E-state index contributed by atoms with van der Waals surface area (Å²) >= 11 is 0. The molecule has 1 saturated carbocycles. The summed E-state index contributed by atoms with van der Waals surface area (Å²) in [5.74, 6) is -1.44. The second-order valence-electron chi connectivity index (χ2n) is 7.22. The molecule has 1 aromatic heterocycles. The second kappa shape index (κ2) is 7.60. The van der Waals surface area contributed by atoms with Crippen LogP contribution in [0.5, 0.6) is 0 Å². The fourth-order valence-electron chi connectivity index (χ4n) is 3.40. The minimum atomic E-state index is -3.57. The molecule has 0 amide bonds. The molecule has 0 bridgehead atoms. The van der Waals surface area contributed by atoms with E-state index in [4.69, 9.17) is 15.9 Å². The summed E-state index contributed by atoms with van der Waals surface area (Å²) in [6.45, 7) is 1.66. The highest BCUT2D eigenvalue weighted by molar-refractivity contribution is 5.72. The van der Waals surface area contributed by atoms with Gasteiger partial charge in [0.1, 0.15) is 5.82 Å². The predicted octanol–water partition coefficient (Wildman–Crippen LogP) is 2.35. The van der Waals surface area contributed by atoms with Crippen molar-refractivity contribution in [3.05, 3.63) is 41.2 Å². The molecule has 0 radical (unpaired) electrons. The number of benzene rings is 1. The molecule has 1 fully saturated rings. The van der Waals surface area contributed by atoms with Gasteiger partial charge in [-0.2, -0.15) is 0 Å². The van der Waals surface area contributed by atoms with Crippen molar-refractivity contribution in [1.29, 1.82) is 0 Å². The van der Waals surface area contributed by atoms with Crippen molar-refractivity contribution >= 4 is 11.8 Å². The van der Waals surface area contributed by atoms with Gasteiger partial charge in [0.15, 0.2) is 0 Å². The molecule has 0 saturated heterocycles. The molecule has 2 unspecified atom stereocenters. The van der Waals surface area contributed by atoms with Crippen LogP contribution in [0, 0.1) is 12.8 Å². The molecule has 1 aliphatic rings. The van der Waals surface area contributed by atoms with Gasteiger partial charge in [-0.3, -0.25) is 4.79 Å². The first-order valence-electron chi connectivity index (χ1n) is 8.85. The van der Waals surface area contributed by atoms with E-state index < -0.39 is 35.8 Å². The van der Waals surface area contributed by atoms with Crippen LogP contribution in [0.2, 0.25) is 0 Å². The molecule has 5 N–H and O–H groups in total. The third-order valence-corrected chi connectivity index (χ3v) is 5.38. The van der Waals surface area contributed by atoms with Crippen molar-refractivity contribution in [2.45, 2.75) is 44.1 Å². The van der Waals surface area contributed by atoms with Gasteiger partial charge in [-0.15, -0.1) is 0 Å². The van der Waals surface area contributed by atoms with Crippen LogP contribution in [0.4, 0.5) is 19.0 Å². The number of hydrogen-bond acceptors (Lipinski definition) is 6. The minimum absolute atomic E-state index is 0.139. The molecule has 7 nitrogen and oxygen atoms in total. The Hall–Kier alpha value is -2.72. The van der Waals surface area contributed by atoms with E-state index >= 15 is 0 Å². The number of carbonyl (C=O) groups is 1. The monoisotopic (exact) mass is 411 g/mol. The summed E-state index contributed by atoms with van der Waals surface area (Å²) in [5, 5.41) is 28.2. The molecule has 29 heavy (non-hydrogen) atoms. The zero-order valence-electron chi connectivity index (χ0n) is 15.4. The summed E-state index contributed by atoms with van der Waals surface area (Å²) in [7, 11) is 0. The zero-order chi connectivity index (χ0) is 21.5. The van der Waals surface area contributed by atoms with E-state index in [9.17, 15) is 23.1 Å². The number of aromatic nitrogens is 2. The predicted molar refractivity (Wildman–Crippen MR) is 96.7 cm³/mol. The molecule has 1 heterocycles. The Morgan fingerprint density at radius 3 is 2.52 bits per heavy atom. The summed E-state index contributed by atoms with van der Waals surface area (Å²) in [6, 6.07) is 3.61. The molecular weight excluding hydrogens is 391 g/mol. The lowest BCUT2D eigenvalue weighted by Crippen LogP contribution is -2.43. The molecule has 10 heteroatoms. The number of alkyl halides is 3. The molecule has 2 atom stereocenters. The number of nitrogens with zero attached hydrogens (tertiary/aromatic N) is 2. The Morgan fingerprint density at radius 1 is 1.31 bits per heavy atom. The van der Waals surface area contributed by atoms with Gasteiger partial charge in [-0.1, -0.05) is 12.1 Å². The first-order chi connectivity index (χ1) is 13.6. The van der Waals surface area contributed by atoms with Crippen molar-refractivity contribution in [2.24, 2.45) is 5.92 Å². The molecule has 0 aliphatic heterocycles.